The second-order valence-electron chi connectivity index (χ2n) is 4.97. The summed E-state index contributed by atoms with van der Waals surface area (Å²) in [6, 6.07) is 0. The predicted molar refractivity (Wildman–Crippen MR) is 75.7 cm³/mol. The molecule has 2 N–H and O–H groups in total. The lowest BCUT2D eigenvalue weighted by atomic mass is 10.3. The van der Waals surface area contributed by atoms with E-state index >= 15 is 0 Å². The zero-order valence-corrected chi connectivity index (χ0v) is 12.2. The number of hydrogen-bond acceptors (Lipinski definition) is 7. The Morgan fingerprint density at radius 3 is 3.05 bits per heavy atom. The number of aliphatic hydroxyl groups is 1. The second kappa shape index (κ2) is 6.29. The van der Waals surface area contributed by atoms with Crippen molar-refractivity contribution in [3.63, 3.8) is 0 Å². The van der Waals surface area contributed by atoms with Gasteiger partial charge in [0.2, 0.25) is 0 Å². The van der Waals surface area contributed by atoms with Crippen LogP contribution in [0.1, 0.15) is 15.4 Å². The van der Waals surface area contributed by atoms with Crippen molar-refractivity contribution in [2.45, 2.75) is 12.6 Å². The Bertz CT molecular complexity index is 573. The normalized spacial score (nSPS) is 20.4. The van der Waals surface area contributed by atoms with E-state index < -0.39 is 6.10 Å². The van der Waals surface area contributed by atoms with Crippen LogP contribution in [0.15, 0.2) is 17.9 Å². The number of aromatic nitrogens is 4. The van der Waals surface area contributed by atoms with Gasteiger partial charge in [0, 0.05) is 32.7 Å². The zero-order valence-electron chi connectivity index (χ0n) is 11.3. The van der Waals surface area contributed by atoms with Gasteiger partial charge in [0.05, 0.1) is 29.7 Å². The van der Waals surface area contributed by atoms with Gasteiger partial charge in [-0.2, -0.15) is 15.4 Å². The third kappa shape index (κ3) is 3.43. The number of aliphatic hydroxyl groups excluding tert-OH is 1. The van der Waals surface area contributed by atoms with Gasteiger partial charge in [-0.1, -0.05) is 0 Å². The molecule has 0 unspecified atom stereocenters. The van der Waals surface area contributed by atoms with Crippen molar-refractivity contribution < 1.29 is 9.90 Å². The highest BCUT2D eigenvalue weighted by atomic mass is 32.1. The van der Waals surface area contributed by atoms with Gasteiger partial charge in [-0.25, -0.2) is 0 Å². The number of hydrogen-bond donors (Lipinski definition) is 2. The third-order valence-corrected chi connectivity index (χ3v) is 4.13. The largest absolute Gasteiger partial charge is 0.390 e. The van der Waals surface area contributed by atoms with E-state index in [0.29, 0.717) is 37.6 Å². The molecule has 3 rings (SSSR count). The summed E-state index contributed by atoms with van der Waals surface area (Å²) in [5, 5.41) is 20.5. The van der Waals surface area contributed by atoms with Gasteiger partial charge in [0.25, 0.3) is 5.91 Å². The standard InChI is InChI=1S/C12H16N6O2S/c19-10-6-17(5-9-3-14-16-15-9)1-2-18(7-10)12(20)11-4-13-8-21-11/h3-4,8,10,19H,1-2,5-7H2,(H,14,15,16)/t10-/m1/s1. The Kier molecular flexibility index (Phi) is 4.23. The Balaban J connectivity index is 1.64. The Hall–Kier alpha value is -1.84. The molecule has 1 fully saturated rings. The maximum absolute atomic E-state index is 12.3. The van der Waals surface area contributed by atoms with Crippen LogP contribution in [0.5, 0.6) is 0 Å². The quantitative estimate of drug-likeness (QED) is 0.799. The highest BCUT2D eigenvalue weighted by Crippen LogP contribution is 2.13. The van der Waals surface area contributed by atoms with E-state index in [1.54, 1.807) is 22.8 Å². The topological polar surface area (TPSA) is 98.2 Å². The lowest BCUT2D eigenvalue weighted by molar-refractivity contribution is 0.0667. The maximum Gasteiger partial charge on any atom is 0.265 e. The van der Waals surface area contributed by atoms with Crippen LogP contribution in [-0.2, 0) is 6.54 Å². The van der Waals surface area contributed by atoms with Crippen molar-refractivity contribution >= 4 is 17.2 Å². The first-order chi connectivity index (χ1) is 10.2. The average Bonchev–Trinajstić information content (AvgIpc) is 3.12. The zero-order chi connectivity index (χ0) is 14.7. The summed E-state index contributed by atoms with van der Waals surface area (Å²) in [6.07, 6.45) is 2.66. The summed E-state index contributed by atoms with van der Waals surface area (Å²) in [5.74, 6) is -0.0696. The first kappa shape index (κ1) is 14.1. The minimum Gasteiger partial charge on any atom is -0.390 e. The first-order valence-electron chi connectivity index (χ1n) is 6.65. The summed E-state index contributed by atoms with van der Waals surface area (Å²) in [4.78, 5) is 20.6. The van der Waals surface area contributed by atoms with Crippen molar-refractivity contribution in [3.8, 4) is 0 Å². The van der Waals surface area contributed by atoms with Crippen LogP contribution in [-0.4, -0.2) is 73.5 Å². The molecule has 0 aliphatic carbocycles. The average molecular weight is 308 g/mol. The van der Waals surface area contributed by atoms with Crippen molar-refractivity contribution in [2.75, 3.05) is 26.2 Å². The van der Waals surface area contributed by atoms with Crippen molar-refractivity contribution in [1.29, 1.82) is 0 Å². The molecular weight excluding hydrogens is 292 g/mol. The minimum absolute atomic E-state index is 0.0696. The summed E-state index contributed by atoms with van der Waals surface area (Å²) in [5.41, 5.74) is 2.46. The van der Waals surface area contributed by atoms with E-state index in [9.17, 15) is 9.90 Å². The maximum atomic E-state index is 12.3. The number of amides is 1. The number of carbonyl (C=O) groups excluding carboxylic acids is 1. The van der Waals surface area contributed by atoms with Gasteiger partial charge in [0.15, 0.2) is 0 Å². The predicted octanol–water partition coefficient (Wildman–Crippen LogP) is -0.420. The van der Waals surface area contributed by atoms with Crippen molar-refractivity contribution in [1.82, 2.24) is 30.2 Å². The van der Waals surface area contributed by atoms with Crippen LogP contribution in [0.4, 0.5) is 0 Å². The van der Waals surface area contributed by atoms with E-state index in [0.717, 1.165) is 5.69 Å². The van der Waals surface area contributed by atoms with Gasteiger partial charge in [-0.15, -0.1) is 11.3 Å². The van der Waals surface area contributed by atoms with E-state index in [2.05, 4.69) is 25.3 Å². The number of rotatable bonds is 3. The summed E-state index contributed by atoms with van der Waals surface area (Å²) in [7, 11) is 0. The molecule has 3 heterocycles. The molecule has 1 atom stereocenters. The third-order valence-electron chi connectivity index (χ3n) is 3.37. The van der Waals surface area contributed by atoms with Gasteiger partial charge < -0.3 is 10.0 Å². The smallest absolute Gasteiger partial charge is 0.265 e. The number of aromatic amines is 1. The molecule has 1 saturated heterocycles. The van der Waals surface area contributed by atoms with Gasteiger partial charge >= 0.3 is 0 Å². The molecule has 2 aromatic rings. The molecular formula is C12H16N6O2S. The van der Waals surface area contributed by atoms with Crippen LogP contribution < -0.4 is 0 Å². The SMILES string of the molecule is O=C(c1cncs1)N1CCN(Cc2cn[nH]n2)C[C@@H](O)C1. The molecule has 0 bridgehead atoms. The van der Waals surface area contributed by atoms with Gasteiger partial charge in [0.1, 0.15) is 4.88 Å². The van der Waals surface area contributed by atoms with Crippen LogP contribution in [0.3, 0.4) is 0 Å². The Labute approximate surface area is 125 Å². The highest BCUT2D eigenvalue weighted by molar-refractivity contribution is 7.11. The summed E-state index contributed by atoms with van der Waals surface area (Å²) < 4.78 is 0. The molecule has 1 aliphatic heterocycles. The van der Waals surface area contributed by atoms with Crippen molar-refractivity contribution in [2.24, 2.45) is 0 Å². The second-order valence-corrected chi connectivity index (χ2v) is 5.85. The number of β-amino-alcohol motifs (C(OH)–C–C–N with tert-alkyl or cyclic N) is 1. The number of H-pyrrole nitrogens is 1. The fourth-order valence-corrected chi connectivity index (χ4v) is 2.98. The molecule has 0 spiro atoms. The molecule has 2 aromatic heterocycles. The number of thiazole rings is 1. The molecule has 1 aliphatic rings. The molecule has 21 heavy (non-hydrogen) atoms. The van der Waals surface area contributed by atoms with E-state index in [1.165, 1.54) is 11.3 Å². The minimum atomic E-state index is -0.573. The lowest BCUT2D eigenvalue weighted by Crippen LogP contribution is -2.37. The highest BCUT2D eigenvalue weighted by Gasteiger charge is 2.26. The fourth-order valence-electron chi connectivity index (χ4n) is 2.39. The van der Waals surface area contributed by atoms with Crippen LogP contribution in [0.2, 0.25) is 0 Å². The monoisotopic (exact) mass is 308 g/mol. The molecule has 0 aromatic carbocycles. The molecule has 1 amide bonds. The first-order valence-corrected chi connectivity index (χ1v) is 7.53. The van der Waals surface area contributed by atoms with E-state index in [4.69, 9.17) is 0 Å². The number of carbonyl (C=O) groups is 1. The lowest BCUT2D eigenvalue weighted by Gasteiger charge is -2.20. The Morgan fingerprint density at radius 1 is 1.43 bits per heavy atom. The van der Waals surface area contributed by atoms with Crippen LogP contribution in [0.25, 0.3) is 0 Å². The van der Waals surface area contributed by atoms with E-state index in [-0.39, 0.29) is 5.91 Å². The van der Waals surface area contributed by atoms with Crippen LogP contribution in [0, 0.1) is 0 Å². The molecule has 112 valence electrons. The van der Waals surface area contributed by atoms with Crippen molar-refractivity contribution in [3.05, 3.63) is 28.5 Å². The van der Waals surface area contributed by atoms with Gasteiger partial charge in [-0.05, 0) is 0 Å². The Morgan fingerprint density at radius 2 is 2.33 bits per heavy atom. The molecule has 0 radical (unpaired) electrons. The molecule has 8 nitrogen and oxygen atoms in total. The molecule has 0 saturated carbocycles. The summed E-state index contributed by atoms with van der Waals surface area (Å²) >= 11 is 1.32. The number of nitrogens with zero attached hydrogens (tertiary/aromatic N) is 5. The summed E-state index contributed by atoms with van der Waals surface area (Å²) in [6.45, 7) is 2.72. The van der Waals surface area contributed by atoms with E-state index in [1.807, 2.05) is 0 Å². The molecule has 9 heteroatoms. The fraction of sp³-hybridized carbons (Fsp3) is 0.500. The number of nitrogens with one attached hydrogen (secondary N) is 1. The van der Waals surface area contributed by atoms with Gasteiger partial charge in [-0.3, -0.25) is 14.7 Å². The van der Waals surface area contributed by atoms with Crippen LogP contribution >= 0.6 is 11.3 Å².